The minimum Gasteiger partial charge on any atom is -0.394 e. The fourth-order valence-corrected chi connectivity index (χ4v) is 0.899. The first-order valence-corrected chi connectivity index (χ1v) is 4.13. The molecular weight excluding hydrogens is 188 g/mol. The second-order valence-corrected chi connectivity index (χ2v) is 2.53. The molecule has 0 spiro atoms. The van der Waals surface area contributed by atoms with Gasteiger partial charge in [-0.2, -0.15) is 0 Å². The van der Waals surface area contributed by atoms with E-state index in [-0.39, 0.29) is 6.61 Å². The highest BCUT2D eigenvalue weighted by Crippen LogP contribution is 2.06. The van der Waals surface area contributed by atoms with Gasteiger partial charge >= 0.3 is 0 Å². The van der Waals surface area contributed by atoms with Gasteiger partial charge in [0.25, 0.3) is 0 Å². The zero-order valence-electron chi connectivity index (χ0n) is 8.38. The van der Waals surface area contributed by atoms with E-state index in [2.05, 4.69) is 6.58 Å². The normalized spacial score (nSPS) is 17.1. The van der Waals surface area contributed by atoms with Gasteiger partial charge in [-0.15, -0.1) is 0 Å². The van der Waals surface area contributed by atoms with E-state index in [1.165, 1.54) is 20.3 Å². The molecule has 0 amide bonds. The van der Waals surface area contributed by atoms with Crippen molar-refractivity contribution in [1.82, 2.24) is 0 Å². The summed E-state index contributed by atoms with van der Waals surface area (Å²) < 4.78 is 14.8. The summed E-state index contributed by atoms with van der Waals surface area (Å²) in [7, 11) is 2.80. The predicted molar refractivity (Wildman–Crippen MR) is 49.8 cm³/mol. The average Bonchev–Trinajstić information content (AvgIpc) is 2.24. The van der Waals surface area contributed by atoms with Crippen LogP contribution >= 0.6 is 0 Å². The molecule has 0 aromatic heterocycles. The van der Waals surface area contributed by atoms with Gasteiger partial charge in [-0.05, 0) is 6.08 Å². The van der Waals surface area contributed by atoms with Crippen LogP contribution in [0.1, 0.15) is 0 Å². The van der Waals surface area contributed by atoms with Crippen molar-refractivity contribution < 1.29 is 24.1 Å². The molecule has 0 rings (SSSR count). The van der Waals surface area contributed by atoms with E-state index in [4.69, 9.17) is 19.3 Å². The molecule has 0 saturated carbocycles. The van der Waals surface area contributed by atoms with E-state index in [0.29, 0.717) is 6.29 Å². The first-order valence-electron chi connectivity index (χ1n) is 4.13. The number of aliphatic hydroxyl groups excluding tert-OH is 1. The van der Waals surface area contributed by atoms with Gasteiger partial charge in [-0.25, -0.2) is 0 Å². The van der Waals surface area contributed by atoms with Crippen molar-refractivity contribution in [3.63, 3.8) is 0 Å². The Labute approximate surface area is 83.3 Å². The van der Waals surface area contributed by atoms with Crippen molar-refractivity contribution in [2.75, 3.05) is 20.8 Å². The number of aliphatic hydroxyl groups is 1. The monoisotopic (exact) mass is 204 g/mol. The van der Waals surface area contributed by atoms with Gasteiger partial charge in [0.2, 0.25) is 0 Å². The molecule has 0 radical (unpaired) electrons. The maximum Gasteiger partial charge on any atom is 0.176 e. The van der Waals surface area contributed by atoms with Gasteiger partial charge in [-0.1, -0.05) is 6.58 Å². The van der Waals surface area contributed by atoms with E-state index < -0.39 is 18.5 Å². The zero-order chi connectivity index (χ0) is 11.0. The molecule has 0 fully saturated rings. The Morgan fingerprint density at radius 3 is 2.36 bits per heavy atom. The minimum atomic E-state index is -0.808. The molecule has 0 heterocycles. The van der Waals surface area contributed by atoms with Crippen LogP contribution in [0.3, 0.4) is 0 Å². The first kappa shape index (κ1) is 13.2. The third-order valence-electron chi connectivity index (χ3n) is 1.69. The number of carbonyl (C=O) groups is 1. The van der Waals surface area contributed by atoms with Crippen LogP contribution in [0.25, 0.3) is 0 Å². The van der Waals surface area contributed by atoms with Crippen molar-refractivity contribution in [1.29, 1.82) is 0 Å². The highest BCUT2D eigenvalue weighted by Gasteiger charge is 2.23. The summed E-state index contributed by atoms with van der Waals surface area (Å²) >= 11 is 0. The molecule has 1 N–H and O–H groups in total. The van der Waals surface area contributed by atoms with Gasteiger partial charge in [-0.3, -0.25) is 0 Å². The molecule has 0 aliphatic heterocycles. The quantitative estimate of drug-likeness (QED) is 0.335. The third-order valence-corrected chi connectivity index (χ3v) is 1.69. The van der Waals surface area contributed by atoms with Crippen molar-refractivity contribution in [3.8, 4) is 0 Å². The Balaban J connectivity index is 4.24. The lowest BCUT2D eigenvalue weighted by Gasteiger charge is -2.23. The summed E-state index contributed by atoms with van der Waals surface area (Å²) in [4.78, 5) is 10.5. The van der Waals surface area contributed by atoms with Crippen molar-refractivity contribution in [2.45, 2.75) is 18.5 Å². The molecule has 5 nitrogen and oxygen atoms in total. The van der Waals surface area contributed by atoms with E-state index in [1.54, 1.807) is 0 Å². The Hall–Kier alpha value is -0.750. The fraction of sp³-hybridized carbons (Fsp3) is 0.667. The van der Waals surface area contributed by atoms with Crippen LogP contribution in [0, 0.1) is 0 Å². The summed E-state index contributed by atoms with van der Waals surface area (Å²) in [6, 6.07) is 0. The van der Waals surface area contributed by atoms with E-state index >= 15 is 0 Å². The van der Waals surface area contributed by atoms with Gasteiger partial charge < -0.3 is 24.1 Å². The Morgan fingerprint density at radius 2 is 2.07 bits per heavy atom. The van der Waals surface area contributed by atoms with Crippen LogP contribution in [-0.4, -0.2) is 50.7 Å². The highest BCUT2D eigenvalue weighted by molar-refractivity contribution is 5.57. The second-order valence-electron chi connectivity index (χ2n) is 2.53. The van der Waals surface area contributed by atoms with Crippen LogP contribution in [0.5, 0.6) is 0 Å². The van der Waals surface area contributed by atoms with Crippen LogP contribution in [0.4, 0.5) is 0 Å². The molecule has 0 aromatic rings. The maximum absolute atomic E-state index is 10.5. The Kier molecular flexibility index (Phi) is 7.23. The molecule has 0 bridgehead atoms. The lowest BCUT2D eigenvalue weighted by atomic mass is 10.2. The molecular formula is C9H16O5. The number of hydrogen-bond acceptors (Lipinski definition) is 5. The zero-order valence-corrected chi connectivity index (χ0v) is 8.38. The number of aldehydes is 1. The number of methoxy groups -OCH3 is 2. The lowest BCUT2D eigenvalue weighted by Crippen LogP contribution is -2.38. The molecule has 82 valence electrons. The Bertz CT molecular complexity index is 171. The molecule has 3 atom stereocenters. The van der Waals surface area contributed by atoms with Crippen molar-refractivity contribution in [2.24, 2.45) is 0 Å². The molecule has 0 aliphatic rings. The summed E-state index contributed by atoms with van der Waals surface area (Å²) in [6.07, 6.45) is -0.237. The third kappa shape index (κ3) is 3.97. The van der Waals surface area contributed by atoms with E-state index in [9.17, 15) is 4.79 Å². The van der Waals surface area contributed by atoms with Crippen LogP contribution < -0.4 is 0 Å². The number of ether oxygens (including phenoxy) is 3. The largest absolute Gasteiger partial charge is 0.394 e. The lowest BCUT2D eigenvalue weighted by molar-refractivity contribution is -0.172. The predicted octanol–water partition coefficient (Wildman–Crippen LogP) is -0.264. The van der Waals surface area contributed by atoms with Crippen LogP contribution in [0.2, 0.25) is 0 Å². The van der Waals surface area contributed by atoms with Crippen molar-refractivity contribution in [3.05, 3.63) is 12.7 Å². The standard InChI is InChI=1S/C9H16O5/c1-4-9(13-3)14-8(6-11)7(5-10)12-2/h4-5,7-9,11H,1,6H2,2-3H3/t7?,8-,9-/m0/s1. The van der Waals surface area contributed by atoms with E-state index in [1.807, 2.05) is 0 Å². The van der Waals surface area contributed by atoms with Gasteiger partial charge in [0.05, 0.1) is 6.61 Å². The summed E-state index contributed by atoms with van der Waals surface area (Å²) in [5.74, 6) is 0. The summed E-state index contributed by atoms with van der Waals surface area (Å²) in [5, 5.41) is 8.94. The van der Waals surface area contributed by atoms with Crippen molar-refractivity contribution >= 4 is 6.29 Å². The smallest absolute Gasteiger partial charge is 0.176 e. The van der Waals surface area contributed by atoms with Crippen LogP contribution in [0.15, 0.2) is 12.7 Å². The Morgan fingerprint density at radius 1 is 1.43 bits per heavy atom. The fourth-order valence-electron chi connectivity index (χ4n) is 0.899. The van der Waals surface area contributed by atoms with Crippen LogP contribution in [-0.2, 0) is 19.0 Å². The topological polar surface area (TPSA) is 65.0 Å². The number of hydrogen-bond donors (Lipinski definition) is 1. The molecule has 1 unspecified atom stereocenters. The van der Waals surface area contributed by atoms with E-state index in [0.717, 1.165) is 0 Å². The van der Waals surface area contributed by atoms with Gasteiger partial charge in [0, 0.05) is 14.2 Å². The second kappa shape index (κ2) is 7.64. The number of rotatable bonds is 8. The summed E-state index contributed by atoms with van der Waals surface area (Å²) in [6.45, 7) is 3.14. The average molecular weight is 204 g/mol. The first-order chi connectivity index (χ1) is 6.73. The minimum absolute atomic E-state index is 0.328. The highest BCUT2D eigenvalue weighted by atomic mass is 16.7. The van der Waals surface area contributed by atoms with Gasteiger partial charge in [0.15, 0.2) is 12.6 Å². The molecule has 0 aliphatic carbocycles. The number of carbonyl (C=O) groups excluding carboxylic acids is 1. The SMILES string of the molecule is C=C[C@@H](OC)O[C@@H](CO)C(C=O)OC. The molecule has 5 heteroatoms. The molecule has 14 heavy (non-hydrogen) atoms. The molecule has 0 saturated heterocycles. The summed E-state index contributed by atoms with van der Waals surface area (Å²) in [5.41, 5.74) is 0. The maximum atomic E-state index is 10.5. The molecule has 0 aromatic carbocycles. The van der Waals surface area contributed by atoms with Gasteiger partial charge in [0.1, 0.15) is 12.2 Å².